The molecule has 0 aromatic carbocycles. The maximum Gasteiger partial charge on any atom is 0.306 e. The van der Waals surface area contributed by atoms with Crippen LogP contribution in [0.4, 0.5) is 0 Å². The molecule has 336 valence electrons. The van der Waals surface area contributed by atoms with E-state index in [0.29, 0.717) is 12.8 Å². The first kappa shape index (κ1) is 55.6. The summed E-state index contributed by atoms with van der Waals surface area (Å²) >= 11 is 0. The maximum atomic E-state index is 12.7. The molecule has 59 heavy (non-hydrogen) atoms. The average molecular weight is 821 g/mol. The molecule has 6 heteroatoms. The third-order valence-electron chi connectivity index (χ3n) is 9.83. The highest BCUT2D eigenvalue weighted by atomic mass is 16.6. The molecule has 0 aliphatic heterocycles. The predicted molar refractivity (Wildman–Crippen MR) is 251 cm³/mol. The second-order valence-electron chi connectivity index (χ2n) is 15.6. The third kappa shape index (κ3) is 45.5. The quantitative estimate of drug-likeness (QED) is 0.0264. The smallest absolute Gasteiger partial charge is 0.306 e. The van der Waals surface area contributed by atoms with Gasteiger partial charge in [0.25, 0.3) is 0 Å². The van der Waals surface area contributed by atoms with E-state index >= 15 is 0 Å². The molecule has 0 rings (SSSR count). The molecule has 0 bridgehead atoms. The van der Waals surface area contributed by atoms with Crippen molar-refractivity contribution >= 4 is 17.9 Å². The number of allylic oxidation sites excluding steroid dienone is 14. The van der Waals surface area contributed by atoms with Gasteiger partial charge in [0.15, 0.2) is 6.10 Å². The van der Waals surface area contributed by atoms with Crippen molar-refractivity contribution in [3.05, 3.63) is 85.1 Å². The second kappa shape index (κ2) is 47.3. The molecule has 0 aliphatic carbocycles. The monoisotopic (exact) mass is 821 g/mol. The maximum absolute atomic E-state index is 12.7. The summed E-state index contributed by atoms with van der Waals surface area (Å²) in [5.41, 5.74) is 0. The van der Waals surface area contributed by atoms with E-state index in [9.17, 15) is 14.4 Å². The molecular formula is C53H88O6. The van der Waals surface area contributed by atoms with E-state index in [2.05, 4.69) is 106 Å². The molecule has 0 heterocycles. The van der Waals surface area contributed by atoms with Crippen LogP contribution in [0.3, 0.4) is 0 Å². The van der Waals surface area contributed by atoms with Gasteiger partial charge in [-0.2, -0.15) is 0 Å². The molecule has 0 aliphatic rings. The number of hydrogen-bond acceptors (Lipinski definition) is 6. The highest BCUT2D eigenvalue weighted by molar-refractivity contribution is 5.71. The number of unbranched alkanes of at least 4 members (excludes halogenated alkanes) is 17. The Morgan fingerprint density at radius 1 is 0.356 bits per heavy atom. The molecule has 0 saturated heterocycles. The van der Waals surface area contributed by atoms with Crippen LogP contribution in [0.15, 0.2) is 85.1 Å². The second-order valence-corrected chi connectivity index (χ2v) is 15.6. The lowest BCUT2D eigenvalue weighted by molar-refractivity contribution is -0.167. The molecule has 0 amide bonds. The Labute approximate surface area is 363 Å². The minimum atomic E-state index is -0.802. The van der Waals surface area contributed by atoms with Crippen molar-refractivity contribution in [3.63, 3.8) is 0 Å². The Morgan fingerprint density at radius 2 is 0.695 bits per heavy atom. The zero-order chi connectivity index (χ0) is 43.0. The fraction of sp³-hybridized carbons (Fsp3) is 0.679. The normalized spacial score (nSPS) is 12.8. The summed E-state index contributed by atoms with van der Waals surface area (Å²) in [7, 11) is 0. The van der Waals surface area contributed by atoms with Crippen molar-refractivity contribution in [3.8, 4) is 0 Å². The van der Waals surface area contributed by atoms with Crippen molar-refractivity contribution < 1.29 is 28.6 Å². The SMILES string of the molecule is CC/C=C\C/C=C\C/C=C\CCCCCC(=O)OC(COC(=O)CCCCCCC/C=C\C/C=C\CCC)COC(=O)CCCCCCC/C=C\C/C=C\CCCCC. The molecule has 1 atom stereocenters. The van der Waals surface area contributed by atoms with Gasteiger partial charge >= 0.3 is 17.9 Å². The molecule has 0 fully saturated rings. The van der Waals surface area contributed by atoms with E-state index in [4.69, 9.17) is 14.2 Å². The first-order chi connectivity index (χ1) is 29.0. The van der Waals surface area contributed by atoms with Gasteiger partial charge in [0, 0.05) is 19.3 Å². The van der Waals surface area contributed by atoms with Gasteiger partial charge in [0.2, 0.25) is 0 Å². The lowest BCUT2D eigenvalue weighted by atomic mass is 10.1. The van der Waals surface area contributed by atoms with Crippen LogP contribution in [-0.4, -0.2) is 37.2 Å². The largest absolute Gasteiger partial charge is 0.462 e. The van der Waals surface area contributed by atoms with Crippen molar-refractivity contribution in [2.45, 2.75) is 219 Å². The van der Waals surface area contributed by atoms with Crippen LogP contribution in [0.5, 0.6) is 0 Å². The Kier molecular flexibility index (Phi) is 44.5. The van der Waals surface area contributed by atoms with Crippen LogP contribution >= 0.6 is 0 Å². The molecule has 0 aromatic heterocycles. The third-order valence-corrected chi connectivity index (χ3v) is 9.83. The van der Waals surface area contributed by atoms with E-state index < -0.39 is 6.10 Å². The molecular weight excluding hydrogens is 733 g/mol. The molecule has 0 spiro atoms. The Hall–Kier alpha value is -3.41. The first-order valence-electron chi connectivity index (χ1n) is 24.1. The highest BCUT2D eigenvalue weighted by Crippen LogP contribution is 2.12. The van der Waals surface area contributed by atoms with Crippen molar-refractivity contribution in [2.24, 2.45) is 0 Å². The average Bonchev–Trinajstić information content (AvgIpc) is 3.23. The van der Waals surface area contributed by atoms with Gasteiger partial charge in [-0.15, -0.1) is 0 Å². The number of ether oxygens (including phenoxy) is 3. The molecule has 0 aromatic rings. The number of hydrogen-bond donors (Lipinski definition) is 0. The van der Waals surface area contributed by atoms with Crippen molar-refractivity contribution in [1.29, 1.82) is 0 Å². The van der Waals surface area contributed by atoms with Gasteiger partial charge in [0.05, 0.1) is 0 Å². The Balaban J connectivity index is 4.48. The lowest BCUT2D eigenvalue weighted by Crippen LogP contribution is -2.30. The summed E-state index contributed by atoms with van der Waals surface area (Å²) in [5.74, 6) is -0.964. The van der Waals surface area contributed by atoms with E-state index in [-0.39, 0.29) is 37.5 Å². The van der Waals surface area contributed by atoms with Gasteiger partial charge in [-0.05, 0) is 109 Å². The Morgan fingerprint density at radius 3 is 1.12 bits per heavy atom. The lowest BCUT2D eigenvalue weighted by Gasteiger charge is -2.18. The summed E-state index contributed by atoms with van der Waals surface area (Å²) in [6.07, 6.45) is 59.9. The highest BCUT2D eigenvalue weighted by Gasteiger charge is 2.19. The standard InChI is InChI=1S/C53H88O6/c1-4-7-10-13-16-19-22-25-26-29-31-34-37-40-43-46-52(55)58-49-50(59-53(56)47-44-41-38-35-32-28-24-21-18-15-12-9-6-3)48-57-51(54)45-42-39-36-33-30-27-23-20-17-14-11-8-5-2/h9,11-12,14,16,18-21,23,25-26,28,32,50H,4-8,10,13,15,17,22,24,27,29-31,33-49H2,1-3H3/b12-9-,14-11-,19-16-,21-18-,23-20-,26-25-,32-28-. The predicted octanol–water partition coefficient (Wildman–Crippen LogP) is 15.6. The molecule has 0 radical (unpaired) electrons. The fourth-order valence-electron chi connectivity index (χ4n) is 6.23. The van der Waals surface area contributed by atoms with Gasteiger partial charge in [-0.3, -0.25) is 14.4 Å². The van der Waals surface area contributed by atoms with Crippen LogP contribution in [0.2, 0.25) is 0 Å². The summed E-state index contributed by atoms with van der Waals surface area (Å²) in [6, 6.07) is 0. The zero-order valence-electron chi connectivity index (χ0n) is 38.2. The van der Waals surface area contributed by atoms with E-state index in [0.717, 1.165) is 141 Å². The minimum Gasteiger partial charge on any atom is -0.462 e. The van der Waals surface area contributed by atoms with Crippen LogP contribution in [-0.2, 0) is 28.6 Å². The van der Waals surface area contributed by atoms with Gasteiger partial charge < -0.3 is 14.2 Å². The van der Waals surface area contributed by atoms with Gasteiger partial charge in [-0.1, -0.05) is 170 Å². The topological polar surface area (TPSA) is 78.9 Å². The summed E-state index contributed by atoms with van der Waals surface area (Å²) in [5, 5.41) is 0. The fourth-order valence-corrected chi connectivity index (χ4v) is 6.23. The summed E-state index contributed by atoms with van der Waals surface area (Å²) in [4.78, 5) is 37.8. The number of carbonyl (C=O) groups excluding carboxylic acids is 3. The number of carbonyl (C=O) groups is 3. The van der Waals surface area contributed by atoms with Crippen LogP contribution in [0.25, 0.3) is 0 Å². The van der Waals surface area contributed by atoms with Crippen LogP contribution in [0.1, 0.15) is 213 Å². The van der Waals surface area contributed by atoms with Crippen molar-refractivity contribution in [1.82, 2.24) is 0 Å². The van der Waals surface area contributed by atoms with Gasteiger partial charge in [0.1, 0.15) is 13.2 Å². The van der Waals surface area contributed by atoms with Gasteiger partial charge in [-0.25, -0.2) is 0 Å². The van der Waals surface area contributed by atoms with E-state index in [1.54, 1.807) is 0 Å². The first-order valence-corrected chi connectivity index (χ1v) is 24.1. The summed E-state index contributed by atoms with van der Waals surface area (Å²) < 4.78 is 16.7. The zero-order valence-corrected chi connectivity index (χ0v) is 38.2. The van der Waals surface area contributed by atoms with E-state index in [1.807, 2.05) is 0 Å². The molecule has 0 N–H and O–H groups in total. The van der Waals surface area contributed by atoms with Crippen LogP contribution < -0.4 is 0 Å². The van der Waals surface area contributed by atoms with Crippen LogP contribution in [0, 0.1) is 0 Å². The van der Waals surface area contributed by atoms with E-state index in [1.165, 1.54) is 32.1 Å². The molecule has 1 unspecified atom stereocenters. The Bertz CT molecular complexity index is 1170. The number of rotatable bonds is 42. The molecule has 0 saturated carbocycles. The van der Waals surface area contributed by atoms with Crippen molar-refractivity contribution in [2.75, 3.05) is 13.2 Å². The summed E-state index contributed by atoms with van der Waals surface area (Å²) in [6.45, 7) is 6.36. The minimum absolute atomic E-state index is 0.101. The molecule has 6 nitrogen and oxygen atoms in total. The number of esters is 3.